The van der Waals surface area contributed by atoms with E-state index in [0.29, 0.717) is 23.6 Å². The Hall–Kier alpha value is -1.69. The monoisotopic (exact) mass is 289 g/mol. The van der Waals surface area contributed by atoms with Crippen molar-refractivity contribution in [3.8, 4) is 0 Å². The number of likely N-dealkylation sites (tertiary alicyclic amines) is 1. The zero-order valence-electron chi connectivity index (χ0n) is 12.7. The smallest absolute Gasteiger partial charge is 0.274 e. The molecule has 2 bridgehead atoms. The second-order valence-electron chi connectivity index (χ2n) is 5.92. The van der Waals surface area contributed by atoms with Gasteiger partial charge >= 0.3 is 0 Å². The van der Waals surface area contributed by atoms with E-state index in [1.54, 1.807) is 6.07 Å². The number of nitrogens with zero attached hydrogens (tertiary/aromatic N) is 4. The lowest BCUT2D eigenvalue weighted by atomic mass is 10.1. The van der Waals surface area contributed by atoms with Crippen molar-refractivity contribution >= 4 is 11.7 Å². The van der Waals surface area contributed by atoms with Gasteiger partial charge in [0.25, 0.3) is 5.91 Å². The van der Waals surface area contributed by atoms with Crippen LogP contribution in [-0.2, 0) is 0 Å². The van der Waals surface area contributed by atoms with Crippen LogP contribution in [0.5, 0.6) is 0 Å². The molecule has 0 radical (unpaired) electrons. The highest BCUT2D eigenvalue weighted by atomic mass is 16.2. The number of hydrogen-bond acceptors (Lipinski definition) is 5. The van der Waals surface area contributed by atoms with E-state index in [2.05, 4.69) is 27.5 Å². The number of hydrogen-bond donors (Lipinski definition) is 1. The fourth-order valence-electron chi connectivity index (χ4n) is 3.38. The van der Waals surface area contributed by atoms with Gasteiger partial charge in [-0.1, -0.05) is 0 Å². The van der Waals surface area contributed by atoms with E-state index in [9.17, 15) is 4.79 Å². The molecule has 1 aromatic heterocycles. The molecule has 0 aliphatic carbocycles. The Balaban J connectivity index is 1.70. The lowest BCUT2D eigenvalue weighted by Crippen LogP contribution is -2.40. The van der Waals surface area contributed by atoms with Gasteiger partial charge in [0.1, 0.15) is 5.82 Å². The van der Waals surface area contributed by atoms with Crippen molar-refractivity contribution in [1.82, 2.24) is 20.0 Å². The van der Waals surface area contributed by atoms with Gasteiger partial charge in [0.15, 0.2) is 5.69 Å². The summed E-state index contributed by atoms with van der Waals surface area (Å²) in [5, 5.41) is 11.2. The predicted molar refractivity (Wildman–Crippen MR) is 81.3 cm³/mol. The highest BCUT2D eigenvalue weighted by molar-refractivity contribution is 5.92. The molecule has 1 aromatic rings. The number of carbonyl (C=O) groups excluding carboxylic acids is 1. The lowest BCUT2D eigenvalue weighted by molar-refractivity contribution is 0.0733. The molecule has 3 rings (SSSR count). The molecule has 1 N–H and O–H groups in total. The molecular formula is C15H23N5O. The molecule has 2 atom stereocenters. The number of rotatable bonds is 3. The molecular weight excluding hydrogens is 266 g/mol. The first-order chi connectivity index (χ1) is 10.2. The van der Waals surface area contributed by atoms with Crippen molar-refractivity contribution in [3.63, 3.8) is 0 Å². The largest absolute Gasteiger partial charge is 0.369 e. The zero-order valence-corrected chi connectivity index (χ0v) is 12.7. The van der Waals surface area contributed by atoms with Crippen molar-refractivity contribution < 1.29 is 4.79 Å². The molecule has 3 heterocycles. The Bertz CT molecular complexity index is 503. The summed E-state index contributed by atoms with van der Waals surface area (Å²) >= 11 is 0. The summed E-state index contributed by atoms with van der Waals surface area (Å²) in [4.78, 5) is 17.0. The molecule has 6 heteroatoms. The average Bonchev–Trinajstić information content (AvgIpc) is 2.73. The van der Waals surface area contributed by atoms with Crippen LogP contribution in [0.1, 0.15) is 36.7 Å². The zero-order chi connectivity index (χ0) is 14.8. The van der Waals surface area contributed by atoms with Crippen LogP contribution in [0.15, 0.2) is 12.1 Å². The van der Waals surface area contributed by atoms with E-state index in [-0.39, 0.29) is 5.91 Å². The number of likely N-dealkylation sites (N-methyl/N-ethyl adjacent to an activating group) is 1. The molecule has 0 spiro atoms. The molecule has 21 heavy (non-hydrogen) atoms. The Morgan fingerprint density at radius 1 is 1.29 bits per heavy atom. The minimum atomic E-state index is 0.00602. The molecule has 2 aliphatic heterocycles. The summed E-state index contributed by atoms with van der Waals surface area (Å²) in [6.45, 7) is 4.43. The van der Waals surface area contributed by atoms with E-state index < -0.39 is 0 Å². The second kappa shape index (κ2) is 5.97. The first-order valence-electron chi connectivity index (χ1n) is 7.78. The number of aromatic nitrogens is 2. The molecule has 2 saturated heterocycles. The van der Waals surface area contributed by atoms with Crippen molar-refractivity contribution in [2.75, 3.05) is 32.0 Å². The Labute approximate surface area is 125 Å². The summed E-state index contributed by atoms with van der Waals surface area (Å²) < 4.78 is 0. The summed E-state index contributed by atoms with van der Waals surface area (Å²) in [6, 6.07) is 4.71. The van der Waals surface area contributed by atoms with Crippen LogP contribution in [-0.4, -0.2) is 64.7 Å². The summed E-state index contributed by atoms with van der Waals surface area (Å²) in [5.74, 6) is 0.718. The fourth-order valence-corrected chi connectivity index (χ4v) is 3.38. The number of anilines is 1. The summed E-state index contributed by atoms with van der Waals surface area (Å²) in [6.07, 6.45) is 3.51. The van der Waals surface area contributed by atoms with E-state index in [0.717, 1.165) is 26.1 Å². The van der Waals surface area contributed by atoms with Crippen molar-refractivity contribution in [2.45, 2.75) is 38.3 Å². The highest BCUT2D eigenvalue weighted by Crippen LogP contribution is 2.28. The lowest BCUT2D eigenvalue weighted by Gasteiger charge is -2.25. The van der Waals surface area contributed by atoms with E-state index in [1.807, 2.05) is 17.9 Å². The summed E-state index contributed by atoms with van der Waals surface area (Å²) in [5.41, 5.74) is 0.442. The van der Waals surface area contributed by atoms with Crippen LogP contribution in [0, 0.1) is 0 Å². The first kappa shape index (κ1) is 14.3. The maximum Gasteiger partial charge on any atom is 0.274 e. The Kier molecular flexibility index (Phi) is 4.05. The maximum absolute atomic E-state index is 12.6. The molecule has 114 valence electrons. The van der Waals surface area contributed by atoms with E-state index in [1.165, 1.54) is 12.8 Å². The van der Waals surface area contributed by atoms with Gasteiger partial charge in [-0.15, -0.1) is 10.2 Å². The minimum absolute atomic E-state index is 0.00602. The summed E-state index contributed by atoms with van der Waals surface area (Å²) in [7, 11) is 2.18. The molecule has 2 fully saturated rings. The number of amides is 1. The van der Waals surface area contributed by atoms with Crippen LogP contribution in [0.4, 0.5) is 5.82 Å². The van der Waals surface area contributed by atoms with E-state index >= 15 is 0 Å². The van der Waals surface area contributed by atoms with Crippen molar-refractivity contribution in [1.29, 1.82) is 0 Å². The van der Waals surface area contributed by atoms with Gasteiger partial charge < -0.3 is 10.2 Å². The van der Waals surface area contributed by atoms with Gasteiger partial charge in [-0.3, -0.25) is 9.69 Å². The minimum Gasteiger partial charge on any atom is -0.369 e. The van der Waals surface area contributed by atoms with Crippen LogP contribution in [0.2, 0.25) is 0 Å². The molecule has 0 aromatic carbocycles. The molecule has 6 nitrogen and oxygen atoms in total. The first-order valence-corrected chi connectivity index (χ1v) is 7.78. The van der Waals surface area contributed by atoms with Gasteiger partial charge in [-0.05, 0) is 45.4 Å². The van der Waals surface area contributed by atoms with E-state index in [4.69, 9.17) is 0 Å². The number of fused-ring (bicyclic) bond motifs is 2. The number of nitrogens with one attached hydrogen (secondary N) is 1. The quantitative estimate of drug-likeness (QED) is 0.906. The maximum atomic E-state index is 12.6. The third kappa shape index (κ3) is 2.85. The number of carbonyl (C=O) groups is 1. The molecule has 0 saturated carbocycles. The van der Waals surface area contributed by atoms with Crippen molar-refractivity contribution in [3.05, 3.63) is 17.8 Å². The average molecular weight is 289 g/mol. The predicted octanol–water partition coefficient (Wildman–Crippen LogP) is 1.22. The standard InChI is InChI=1S/C15H23N5O/c1-3-16-14-7-6-13(17-18-14)15(21)20-9-8-11-4-5-12(10-20)19(11)2/h6-7,11-12H,3-5,8-10H2,1-2H3,(H,16,18). The third-order valence-corrected chi connectivity index (χ3v) is 4.68. The second-order valence-corrected chi connectivity index (χ2v) is 5.92. The van der Waals surface area contributed by atoms with Crippen LogP contribution >= 0.6 is 0 Å². The Morgan fingerprint density at radius 2 is 2.10 bits per heavy atom. The topological polar surface area (TPSA) is 61.4 Å². The van der Waals surface area contributed by atoms with Gasteiger partial charge in [0.05, 0.1) is 0 Å². The molecule has 2 unspecified atom stereocenters. The third-order valence-electron chi connectivity index (χ3n) is 4.68. The van der Waals surface area contributed by atoms with Crippen LogP contribution in [0.3, 0.4) is 0 Å². The molecule has 2 aliphatic rings. The van der Waals surface area contributed by atoms with Crippen LogP contribution in [0.25, 0.3) is 0 Å². The van der Waals surface area contributed by atoms with Crippen LogP contribution < -0.4 is 5.32 Å². The highest BCUT2D eigenvalue weighted by Gasteiger charge is 2.36. The van der Waals surface area contributed by atoms with Gasteiger partial charge in [0, 0.05) is 31.7 Å². The fraction of sp³-hybridized carbons (Fsp3) is 0.667. The van der Waals surface area contributed by atoms with Gasteiger partial charge in [0.2, 0.25) is 0 Å². The van der Waals surface area contributed by atoms with Gasteiger partial charge in [-0.2, -0.15) is 0 Å². The SMILES string of the molecule is CCNc1ccc(C(=O)N2CCC3CCC(C2)N3C)nn1. The Morgan fingerprint density at radius 3 is 2.81 bits per heavy atom. The molecule has 1 amide bonds. The normalized spacial score (nSPS) is 25.7. The van der Waals surface area contributed by atoms with Crippen molar-refractivity contribution in [2.24, 2.45) is 0 Å². The van der Waals surface area contributed by atoms with Gasteiger partial charge in [-0.25, -0.2) is 0 Å².